The first-order valence-corrected chi connectivity index (χ1v) is 7.24. The second-order valence-corrected chi connectivity index (χ2v) is 5.08. The number of anilines is 1. The number of hydrogen-bond donors (Lipinski definition) is 1. The zero-order valence-corrected chi connectivity index (χ0v) is 12.7. The van der Waals surface area contributed by atoms with Gasteiger partial charge in [0, 0.05) is 5.38 Å². The van der Waals surface area contributed by atoms with Crippen molar-refractivity contribution in [1.29, 1.82) is 0 Å². The molecule has 1 aromatic carbocycles. The van der Waals surface area contributed by atoms with Crippen LogP contribution in [0.15, 0.2) is 29.6 Å². The minimum Gasteiger partial charge on any atom is -0.469 e. The van der Waals surface area contributed by atoms with E-state index in [2.05, 4.69) is 19.8 Å². The summed E-state index contributed by atoms with van der Waals surface area (Å²) in [7, 11) is 1.26. The monoisotopic (exact) mass is 342 g/mol. The number of esters is 1. The molecule has 0 aliphatic carbocycles. The maximum Gasteiger partial charge on any atom is 0.387 e. The highest BCUT2D eigenvalue weighted by Crippen LogP contribution is 2.23. The zero-order valence-electron chi connectivity index (χ0n) is 11.9. The van der Waals surface area contributed by atoms with Gasteiger partial charge in [-0.25, -0.2) is 4.98 Å². The van der Waals surface area contributed by atoms with Gasteiger partial charge in [-0.15, -0.1) is 11.3 Å². The van der Waals surface area contributed by atoms with Gasteiger partial charge in [0.15, 0.2) is 5.13 Å². The predicted molar refractivity (Wildman–Crippen MR) is 78.9 cm³/mol. The van der Waals surface area contributed by atoms with Gasteiger partial charge in [-0.05, 0) is 12.1 Å². The zero-order chi connectivity index (χ0) is 16.8. The summed E-state index contributed by atoms with van der Waals surface area (Å²) in [5, 5.41) is 4.30. The topological polar surface area (TPSA) is 77.5 Å². The number of para-hydroxylation sites is 1. The molecule has 0 spiro atoms. The Labute approximate surface area is 134 Å². The van der Waals surface area contributed by atoms with Gasteiger partial charge in [0.25, 0.3) is 5.91 Å². The summed E-state index contributed by atoms with van der Waals surface area (Å²) in [5.41, 5.74) is 0.395. The first-order valence-electron chi connectivity index (χ1n) is 6.36. The number of aromatic nitrogens is 1. The van der Waals surface area contributed by atoms with Gasteiger partial charge in [-0.3, -0.25) is 14.9 Å². The van der Waals surface area contributed by atoms with Gasteiger partial charge in [0.1, 0.15) is 5.75 Å². The first-order chi connectivity index (χ1) is 11.0. The van der Waals surface area contributed by atoms with Crippen LogP contribution < -0.4 is 10.1 Å². The maximum atomic E-state index is 12.3. The molecule has 0 aliphatic heterocycles. The Morgan fingerprint density at radius 2 is 2.09 bits per heavy atom. The van der Waals surface area contributed by atoms with Crippen molar-refractivity contribution in [3.8, 4) is 5.75 Å². The molecular formula is C14H12F2N2O4S. The predicted octanol–water partition coefficient (Wildman–Crippen LogP) is 2.71. The van der Waals surface area contributed by atoms with E-state index >= 15 is 0 Å². The fourth-order valence-electron chi connectivity index (χ4n) is 1.68. The normalized spacial score (nSPS) is 10.4. The fourth-order valence-corrected chi connectivity index (χ4v) is 2.39. The number of amides is 1. The quantitative estimate of drug-likeness (QED) is 0.817. The second-order valence-electron chi connectivity index (χ2n) is 4.23. The van der Waals surface area contributed by atoms with Crippen molar-refractivity contribution in [2.75, 3.05) is 12.4 Å². The highest BCUT2D eigenvalue weighted by atomic mass is 32.1. The van der Waals surface area contributed by atoms with Crippen molar-refractivity contribution < 1.29 is 27.8 Å². The Kier molecular flexibility index (Phi) is 5.58. The molecule has 1 N–H and O–H groups in total. The number of carbonyl (C=O) groups excluding carboxylic acids is 2. The van der Waals surface area contributed by atoms with Crippen LogP contribution in [0.4, 0.5) is 13.9 Å². The highest BCUT2D eigenvalue weighted by molar-refractivity contribution is 7.14. The van der Waals surface area contributed by atoms with E-state index in [1.165, 1.54) is 31.4 Å². The number of rotatable bonds is 6. The van der Waals surface area contributed by atoms with Crippen LogP contribution in [0, 0.1) is 0 Å². The molecule has 1 heterocycles. The van der Waals surface area contributed by atoms with Crippen molar-refractivity contribution in [3.63, 3.8) is 0 Å². The Morgan fingerprint density at radius 1 is 1.35 bits per heavy atom. The van der Waals surface area contributed by atoms with Crippen molar-refractivity contribution in [2.45, 2.75) is 13.0 Å². The lowest BCUT2D eigenvalue weighted by molar-refractivity contribution is -0.139. The molecule has 122 valence electrons. The molecule has 2 rings (SSSR count). The summed E-state index contributed by atoms with van der Waals surface area (Å²) >= 11 is 1.10. The van der Waals surface area contributed by atoms with Gasteiger partial charge in [0.2, 0.25) is 0 Å². The largest absolute Gasteiger partial charge is 0.469 e. The lowest BCUT2D eigenvalue weighted by Gasteiger charge is -2.09. The molecule has 0 saturated heterocycles. The Balaban J connectivity index is 2.09. The van der Waals surface area contributed by atoms with E-state index in [4.69, 9.17) is 0 Å². The average Bonchev–Trinajstić information content (AvgIpc) is 2.94. The maximum absolute atomic E-state index is 12.3. The van der Waals surface area contributed by atoms with Crippen molar-refractivity contribution in [2.24, 2.45) is 0 Å². The number of nitrogens with one attached hydrogen (secondary N) is 1. The molecule has 1 amide bonds. The molecule has 0 radical (unpaired) electrons. The van der Waals surface area contributed by atoms with E-state index in [0.717, 1.165) is 11.3 Å². The van der Waals surface area contributed by atoms with Gasteiger partial charge >= 0.3 is 12.6 Å². The number of ether oxygens (including phenoxy) is 2. The summed E-state index contributed by atoms with van der Waals surface area (Å²) in [4.78, 5) is 27.3. The molecule has 23 heavy (non-hydrogen) atoms. The van der Waals surface area contributed by atoms with Gasteiger partial charge < -0.3 is 9.47 Å². The summed E-state index contributed by atoms with van der Waals surface area (Å²) in [6, 6.07) is 5.63. The van der Waals surface area contributed by atoms with Gasteiger partial charge in [0.05, 0.1) is 24.8 Å². The third kappa shape index (κ3) is 4.71. The molecule has 1 aromatic heterocycles. The van der Waals surface area contributed by atoms with E-state index < -0.39 is 18.5 Å². The summed E-state index contributed by atoms with van der Waals surface area (Å²) in [6.07, 6.45) is -0.0199. The van der Waals surface area contributed by atoms with Crippen molar-refractivity contribution in [1.82, 2.24) is 4.98 Å². The minimum atomic E-state index is -3.03. The summed E-state index contributed by atoms with van der Waals surface area (Å²) in [6.45, 7) is -3.03. The Morgan fingerprint density at radius 3 is 2.78 bits per heavy atom. The Bertz CT molecular complexity index is 706. The number of nitrogens with zero attached hydrogens (tertiary/aromatic N) is 1. The number of benzene rings is 1. The molecule has 2 aromatic rings. The minimum absolute atomic E-state index is 0.0199. The third-order valence-corrected chi connectivity index (χ3v) is 3.48. The molecule has 9 heteroatoms. The number of alkyl halides is 2. The van der Waals surface area contributed by atoms with Gasteiger partial charge in [-0.2, -0.15) is 8.78 Å². The molecule has 0 saturated carbocycles. The lowest BCUT2D eigenvalue weighted by atomic mass is 10.2. The second kappa shape index (κ2) is 7.63. The number of halogens is 2. The van der Waals surface area contributed by atoms with Gasteiger partial charge in [-0.1, -0.05) is 12.1 Å². The summed E-state index contributed by atoms with van der Waals surface area (Å²) in [5.74, 6) is -1.32. The number of thiazole rings is 1. The van der Waals surface area contributed by atoms with E-state index in [-0.39, 0.29) is 22.9 Å². The average molecular weight is 342 g/mol. The van der Waals surface area contributed by atoms with E-state index in [0.29, 0.717) is 5.69 Å². The van der Waals surface area contributed by atoms with Crippen LogP contribution in [-0.4, -0.2) is 30.6 Å². The van der Waals surface area contributed by atoms with Crippen LogP contribution in [0.25, 0.3) is 0 Å². The van der Waals surface area contributed by atoms with E-state index in [1.54, 1.807) is 5.38 Å². The molecule has 0 fully saturated rings. The third-order valence-electron chi connectivity index (χ3n) is 2.67. The van der Waals surface area contributed by atoms with Crippen LogP contribution in [0.5, 0.6) is 5.75 Å². The standard InChI is InChI=1S/C14H12F2N2O4S/c1-21-11(19)6-8-7-23-14(17-8)18-12(20)9-4-2-3-5-10(9)22-13(15)16/h2-5,7,13H,6H2,1H3,(H,17,18,20). The van der Waals surface area contributed by atoms with E-state index in [1.807, 2.05) is 0 Å². The SMILES string of the molecule is COC(=O)Cc1csc(NC(=O)c2ccccc2OC(F)F)n1. The Hall–Kier alpha value is -2.55. The fraction of sp³-hybridized carbons (Fsp3) is 0.214. The molecule has 0 unspecified atom stereocenters. The van der Waals surface area contributed by atoms with Crippen LogP contribution in [0.1, 0.15) is 16.1 Å². The van der Waals surface area contributed by atoms with Crippen LogP contribution in [0.2, 0.25) is 0 Å². The van der Waals surface area contributed by atoms with Crippen LogP contribution in [-0.2, 0) is 16.0 Å². The molecule has 0 aliphatic rings. The van der Waals surface area contributed by atoms with E-state index in [9.17, 15) is 18.4 Å². The lowest BCUT2D eigenvalue weighted by Crippen LogP contribution is -2.15. The number of methoxy groups -OCH3 is 1. The van der Waals surface area contributed by atoms with Crippen LogP contribution in [0.3, 0.4) is 0 Å². The number of carbonyl (C=O) groups is 2. The molecule has 6 nitrogen and oxygen atoms in total. The molecule has 0 bridgehead atoms. The highest BCUT2D eigenvalue weighted by Gasteiger charge is 2.17. The summed E-state index contributed by atoms with van der Waals surface area (Å²) < 4.78 is 33.5. The first kappa shape index (κ1) is 16.8. The van der Waals surface area contributed by atoms with Crippen LogP contribution >= 0.6 is 11.3 Å². The smallest absolute Gasteiger partial charge is 0.387 e. The van der Waals surface area contributed by atoms with Crippen molar-refractivity contribution in [3.05, 3.63) is 40.9 Å². The number of hydrogen-bond acceptors (Lipinski definition) is 6. The molecule has 0 atom stereocenters. The molecular weight excluding hydrogens is 330 g/mol. The van der Waals surface area contributed by atoms with Crippen molar-refractivity contribution >= 4 is 28.3 Å².